The molecule has 0 unspecified atom stereocenters. The van der Waals surface area contributed by atoms with Crippen LogP contribution in [0.3, 0.4) is 0 Å². The highest BCUT2D eigenvalue weighted by molar-refractivity contribution is 5.98. The van der Waals surface area contributed by atoms with Crippen molar-refractivity contribution in [1.82, 2.24) is 4.98 Å². The second-order valence-electron chi connectivity index (χ2n) is 4.98. The smallest absolute Gasteiger partial charge is 0.167 e. The predicted octanol–water partition coefficient (Wildman–Crippen LogP) is 4.31. The van der Waals surface area contributed by atoms with Crippen molar-refractivity contribution in [2.24, 2.45) is 0 Å². The van der Waals surface area contributed by atoms with Gasteiger partial charge in [0.25, 0.3) is 0 Å². The van der Waals surface area contributed by atoms with Crippen LogP contribution in [0.4, 0.5) is 4.39 Å². The molecule has 0 amide bonds. The van der Waals surface area contributed by atoms with Gasteiger partial charge in [0.1, 0.15) is 5.82 Å². The molecule has 0 aliphatic rings. The molecule has 2 nitrogen and oxygen atoms in total. The van der Waals surface area contributed by atoms with Crippen LogP contribution >= 0.6 is 0 Å². The van der Waals surface area contributed by atoms with Crippen LogP contribution in [0.1, 0.15) is 15.9 Å². The normalized spacial score (nSPS) is 10.4. The average Bonchev–Trinajstić information content (AvgIpc) is 2.57. The highest BCUT2D eigenvalue weighted by atomic mass is 19.1. The summed E-state index contributed by atoms with van der Waals surface area (Å²) in [6.45, 7) is 0. The van der Waals surface area contributed by atoms with Crippen molar-refractivity contribution in [3.63, 3.8) is 0 Å². The molecule has 1 heterocycles. The van der Waals surface area contributed by atoms with Crippen molar-refractivity contribution in [2.75, 3.05) is 0 Å². The summed E-state index contributed by atoms with van der Waals surface area (Å²) in [7, 11) is 0. The van der Waals surface area contributed by atoms with Crippen LogP contribution in [0.15, 0.2) is 72.9 Å². The zero-order valence-corrected chi connectivity index (χ0v) is 11.9. The lowest BCUT2D eigenvalue weighted by Crippen LogP contribution is -2.05. The quantitative estimate of drug-likeness (QED) is 0.670. The van der Waals surface area contributed by atoms with Crippen LogP contribution in [-0.2, 0) is 6.42 Å². The van der Waals surface area contributed by atoms with E-state index >= 15 is 0 Å². The average molecular weight is 291 g/mol. The molecule has 0 aliphatic carbocycles. The van der Waals surface area contributed by atoms with Gasteiger partial charge in [-0.25, -0.2) is 4.39 Å². The molecule has 3 heteroatoms. The fraction of sp³-hybridized carbons (Fsp3) is 0.0526. The number of halogens is 1. The molecule has 0 atom stereocenters. The number of carbonyl (C=O) groups is 1. The highest BCUT2D eigenvalue weighted by Crippen LogP contribution is 2.22. The molecular weight excluding hydrogens is 277 g/mol. The second kappa shape index (κ2) is 6.31. The van der Waals surface area contributed by atoms with Gasteiger partial charge >= 0.3 is 0 Å². The monoisotopic (exact) mass is 291 g/mol. The minimum Gasteiger partial charge on any atom is -0.294 e. The standard InChI is InChI=1S/C19H14FNO/c20-16-10-8-14(9-11-16)19(22)13-15-5-1-2-6-17(15)18-7-3-4-12-21-18/h1-12H,13H2. The van der Waals surface area contributed by atoms with Gasteiger partial charge in [-0.05, 0) is 42.0 Å². The highest BCUT2D eigenvalue weighted by Gasteiger charge is 2.11. The SMILES string of the molecule is O=C(Cc1ccccc1-c1ccccn1)c1ccc(F)cc1. The number of pyridine rings is 1. The third kappa shape index (κ3) is 3.09. The first-order chi connectivity index (χ1) is 10.7. The van der Waals surface area contributed by atoms with E-state index in [0.29, 0.717) is 5.56 Å². The van der Waals surface area contributed by atoms with Crippen LogP contribution in [-0.4, -0.2) is 10.8 Å². The largest absolute Gasteiger partial charge is 0.294 e. The van der Waals surface area contributed by atoms with Crippen molar-refractivity contribution in [3.05, 3.63) is 89.9 Å². The van der Waals surface area contributed by atoms with E-state index in [2.05, 4.69) is 4.98 Å². The molecule has 3 rings (SSSR count). The van der Waals surface area contributed by atoms with Gasteiger partial charge in [0, 0.05) is 23.7 Å². The predicted molar refractivity (Wildman–Crippen MR) is 84.1 cm³/mol. The Hall–Kier alpha value is -2.81. The minimum absolute atomic E-state index is 0.0385. The number of ketones is 1. The van der Waals surface area contributed by atoms with Crippen molar-refractivity contribution in [2.45, 2.75) is 6.42 Å². The molecule has 0 fully saturated rings. The molecule has 0 bridgehead atoms. The lowest BCUT2D eigenvalue weighted by Gasteiger charge is -2.08. The first-order valence-electron chi connectivity index (χ1n) is 7.02. The molecular formula is C19H14FNO. The maximum absolute atomic E-state index is 12.9. The van der Waals surface area contributed by atoms with E-state index in [0.717, 1.165) is 16.8 Å². The molecule has 22 heavy (non-hydrogen) atoms. The fourth-order valence-corrected chi connectivity index (χ4v) is 2.36. The van der Waals surface area contributed by atoms with Crippen LogP contribution in [0.5, 0.6) is 0 Å². The van der Waals surface area contributed by atoms with Gasteiger partial charge in [0.15, 0.2) is 5.78 Å². The summed E-state index contributed by atoms with van der Waals surface area (Å²) >= 11 is 0. The van der Waals surface area contributed by atoms with Gasteiger partial charge in [-0.2, -0.15) is 0 Å². The molecule has 108 valence electrons. The van der Waals surface area contributed by atoms with Gasteiger partial charge < -0.3 is 0 Å². The molecule has 0 radical (unpaired) electrons. The lowest BCUT2D eigenvalue weighted by molar-refractivity contribution is 0.0993. The number of carbonyl (C=O) groups excluding carboxylic acids is 1. The Morgan fingerprint density at radius 3 is 2.36 bits per heavy atom. The van der Waals surface area contributed by atoms with Gasteiger partial charge in [0.05, 0.1) is 5.69 Å². The van der Waals surface area contributed by atoms with Crippen molar-refractivity contribution in [1.29, 1.82) is 0 Å². The maximum Gasteiger partial charge on any atom is 0.167 e. The zero-order chi connectivity index (χ0) is 15.4. The first kappa shape index (κ1) is 14.1. The topological polar surface area (TPSA) is 30.0 Å². The molecule has 0 saturated carbocycles. The number of benzene rings is 2. The molecule has 0 aliphatic heterocycles. The summed E-state index contributed by atoms with van der Waals surface area (Å²) in [5, 5.41) is 0. The van der Waals surface area contributed by atoms with E-state index in [9.17, 15) is 9.18 Å². The van der Waals surface area contributed by atoms with E-state index in [1.807, 2.05) is 42.5 Å². The Bertz CT molecular complexity index is 782. The van der Waals surface area contributed by atoms with Gasteiger partial charge in [-0.3, -0.25) is 9.78 Å². The lowest BCUT2D eigenvalue weighted by atomic mass is 9.97. The van der Waals surface area contributed by atoms with Crippen molar-refractivity contribution < 1.29 is 9.18 Å². The second-order valence-corrected chi connectivity index (χ2v) is 4.98. The number of hydrogen-bond acceptors (Lipinski definition) is 2. The summed E-state index contributed by atoms with van der Waals surface area (Å²) in [6, 6.07) is 19.0. The zero-order valence-electron chi connectivity index (χ0n) is 11.9. The third-order valence-electron chi connectivity index (χ3n) is 3.48. The maximum atomic E-state index is 12.9. The Labute approximate surface area is 128 Å². The number of rotatable bonds is 4. The number of hydrogen-bond donors (Lipinski definition) is 0. The van der Waals surface area contributed by atoms with Crippen molar-refractivity contribution >= 4 is 5.78 Å². The molecule has 0 saturated heterocycles. The molecule has 0 spiro atoms. The molecule has 0 N–H and O–H groups in total. The van der Waals surface area contributed by atoms with E-state index in [1.165, 1.54) is 24.3 Å². The molecule has 2 aromatic carbocycles. The Morgan fingerprint density at radius 2 is 1.64 bits per heavy atom. The van der Waals surface area contributed by atoms with Crippen LogP contribution in [0, 0.1) is 5.82 Å². The van der Waals surface area contributed by atoms with Gasteiger partial charge in [-0.15, -0.1) is 0 Å². The summed E-state index contributed by atoms with van der Waals surface area (Å²) in [6.07, 6.45) is 1.99. The minimum atomic E-state index is -0.342. The number of aromatic nitrogens is 1. The Kier molecular flexibility index (Phi) is 4.05. The first-order valence-corrected chi connectivity index (χ1v) is 7.02. The van der Waals surface area contributed by atoms with Crippen LogP contribution in [0.2, 0.25) is 0 Å². The molecule has 1 aromatic heterocycles. The number of Topliss-reactive ketones (excluding diaryl/α,β-unsaturated/α-hetero) is 1. The third-order valence-corrected chi connectivity index (χ3v) is 3.48. The Balaban J connectivity index is 1.90. The van der Waals surface area contributed by atoms with E-state index in [-0.39, 0.29) is 18.0 Å². The summed E-state index contributed by atoms with van der Waals surface area (Å²) in [4.78, 5) is 16.7. The Morgan fingerprint density at radius 1 is 0.909 bits per heavy atom. The summed E-state index contributed by atoms with van der Waals surface area (Å²) in [5.74, 6) is -0.381. The van der Waals surface area contributed by atoms with Crippen LogP contribution < -0.4 is 0 Å². The van der Waals surface area contributed by atoms with Gasteiger partial charge in [0.2, 0.25) is 0 Å². The van der Waals surface area contributed by atoms with E-state index in [1.54, 1.807) is 6.20 Å². The van der Waals surface area contributed by atoms with Crippen LogP contribution in [0.25, 0.3) is 11.3 Å². The summed E-state index contributed by atoms with van der Waals surface area (Å²) in [5.41, 5.74) is 3.20. The number of nitrogens with zero attached hydrogens (tertiary/aromatic N) is 1. The summed E-state index contributed by atoms with van der Waals surface area (Å²) < 4.78 is 12.9. The molecule has 3 aromatic rings. The van der Waals surface area contributed by atoms with Crippen molar-refractivity contribution in [3.8, 4) is 11.3 Å². The van der Waals surface area contributed by atoms with E-state index < -0.39 is 0 Å². The van der Waals surface area contributed by atoms with Gasteiger partial charge in [-0.1, -0.05) is 30.3 Å². The van der Waals surface area contributed by atoms with E-state index in [4.69, 9.17) is 0 Å². The fourth-order valence-electron chi connectivity index (χ4n) is 2.36.